The smallest absolute Gasteiger partial charge is 0.303 e. The Labute approximate surface area is 161 Å². The predicted octanol–water partition coefficient (Wildman–Crippen LogP) is 1.92. The van der Waals surface area contributed by atoms with Crippen molar-refractivity contribution < 1.29 is 24.2 Å². The van der Waals surface area contributed by atoms with Crippen molar-refractivity contribution in [1.29, 1.82) is 0 Å². The second-order valence-corrected chi connectivity index (χ2v) is 8.62. The number of thioether (sulfide) groups is 1. The van der Waals surface area contributed by atoms with E-state index in [1.54, 1.807) is 7.05 Å². The van der Waals surface area contributed by atoms with Crippen LogP contribution in [-0.4, -0.2) is 71.0 Å². The van der Waals surface area contributed by atoms with Crippen LogP contribution in [0.4, 0.5) is 0 Å². The zero-order valence-corrected chi connectivity index (χ0v) is 17.2. The Bertz CT molecular complexity index is 440. The van der Waals surface area contributed by atoms with E-state index in [0.29, 0.717) is 19.6 Å². The molecule has 2 unspecified atom stereocenters. The molecule has 0 rings (SSSR count). The zero-order chi connectivity index (χ0) is 20.2. The molecular weight excluding hydrogens is 356 g/mol. The van der Waals surface area contributed by atoms with Gasteiger partial charge in [0.15, 0.2) is 0 Å². The normalized spacial score (nSPS) is 13.9. The van der Waals surface area contributed by atoms with E-state index >= 15 is 0 Å². The quantitative estimate of drug-likeness (QED) is 0.411. The summed E-state index contributed by atoms with van der Waals surface area (Å²) in [6.45, 7) is 6.89. The number of carbonyl (C=O) groups excluding carboxylic acids is 2. The first kappa shape index (κ1) is 24.9. The molecule has 7 nitrogen and oxygen atoms in total. The van der Waals surface area contributed by atoms with Crippen LogP contribution in [0.1, 0.15) is 52.9 Å². The van der Waals surface area contributed by atoms with Crippen molar-refractivity contribution in [1.82, 2.24) is 4.90 Å². The fourth-order valence-electron chi connectivity index (χ4n) is 2.06. The van der Waals surface area contributed by atoms with Gasteiger partial charge >= 0.3 is 5.97 Å². The van der Waals surface area contributed by atoms with Crippen LogP contribution >= 0.6 is 11.8 Å². The molecule has 0 aliphatic carbocycles. The number of hydrogen-bond acceptors (Lipinski definition) is 6. The van der Waals surface area contributed by atoms with Crippen molar-refractivity contribution in [2.45, 2.75) is 69.8 Å². The summed E-state index contributed by atoms with van der Waals surface area (Å²) in [7, 11) is 1.63. The molecule has 0 spiro atoms. The van der Waals surface area contributed by atoms with Crippen molar-refractivity contribution in [3.05, 3.63) is 0 Å². The number of carbonyl (C=O) groups is 3. The van der Waals surface area contributed by atoms with E-state index < -0.39 is 5.97 Å². The Morgan fingerprint density at radius 2 is 2.04 bits per heavy atom. The highest BCUT2D eigenvalue weighted by Crippen LogP contribution is 2.17. The van der Waals surface area contributed by atoms with Crippen LogP contribution in [-0.2, 0) is 19.1 Å². The molecule has 0 saturated heterocycles. The lowest BCUT2D eigenvalue weighted by molar-refractivity contribution is -0.138. The molecule has 0 aromatic heterocycles. The molecule has 152 valence electrons. The van der Waals surface area contributed by atoms with E-state index in [-0.39, 0.29) is 35.6 Å². The second kappa shape index (κ2) is 13.1. The summed E-state index contributed by atoms with van der Waals surface area (Å²) in [5.74, 6) is -0.292. The molecule has 0 aliphatic rings. The number of aliphatic carboxylic acids is 1. The third kappa shape index (κ3) is 14.1. The Balaban J connectivity index is 4.01. The minimum absolute atomic E-state index is 0.0305. The van der Waals surface area contributed by atoms with E-state index in [0.717, 1.165) is 24.9 Å². The number of ether oxygens (including phenoxy) is 1. The first-order chi connectivity index (χ1) is 12.0. The third-order valence-electron chi connectivity index (χ3n) is 3.84. The van der Waals surface area contributed by atoms with Gasteiger partial charge in [-0.05, 0) is 45.8 Å². The van der Waals surface area contributed by atoms with Crippen LogP contribution in [0, 0.1) is 0 Å². The molecule has 0 fully saturated rings. The van der Waals surface area contributed by atoms with Gasteiger partial charge in [-0.1, -0.05) is 0 Å². The Morgan fingerprint density at radius 1 is 1.38 bits per heavy atom. The molecule has 0 saturated carbocycles. The molecule has 0 aromatic rings. The number of carboxylic acid groups (broad SMARTS) is 1. The van der Waals surface area contributed by atoms with Crippen LogP contribution in [0.5, 0.6) is 0 Å². The minimum atomic E-state index is -0.876. The van der Waals surface area contributed by atoms with E-state index in [9.17, 15) is 14.4 Å². The SMILES string of the molecule is CC(CCSC(C=O)CC(=O)N(C)CCCC(=O)O)OCCC(C)(C)N. The number of rotatable bonds is 15. The number of hydrogen-bond donors (Lipinski definition) is 2. The van der Waals surface area contributed by atoms with Gasteiger partial charge in [0.05, 0.1) is 11.4 Å². The maximum atomic E-state index is 12.1. The van der Waals surface area contributed by atoms with Gasteiger partial charge in [0.1, 0.15) is 6.29 Å². The van der Waals surface area contributed by atoms with Crippen LogP contribution in [0.15, 0.2) is 0 Å². The Kier molecular flexibility index (Phi) is 12.5. The predicted molar refractivity (Wildman–Crippen MR) is 104 cm³/mol. The van der Waals surface area contributed by atoms with Crippen LogP contribution in [0.2, 0.25) is 0 Å². The van der Waals surface area contributed by atoms with E-state index in [1.165, 1.54) is 16.7 Å². The van der Waals surface area contributed by atoms with Crippen molar-refractivity contribution in [2.75, 3.05) is 26.0 Å². The summed E-state index contributed by atoms with van der Waals surface area (Å²) >= 11 is 1.45. The van der Waals surface area contributed by atoms with E-state index in [4.69, 9.17) is 15.6 Å². The van der Waals surface area contributed by atoms with Gasteiger partial charge in [-0.2, -0.15) is 11.8 Å². The van der Waals surface area contributed by atoms with Gasteiger partial charge in [0, 0.05) is 38.6 Å². The van der Waals surface area contributed by atoms with Crippen molar-refractivity contribution in [3.8, 4) is 0 Å². The summed E-state index contributed by atoms with van der Waals surface area (Å²) in [5.41, 5.74) is 5.67. The van der Waals surface area contributed by atoms with Gasteiger partial charge in [-0.15, -0.1) is 0 Å². The highest BCUT2D eigenvalue weighted by Gasteiger charge is 2.18. The zero-order valence-electron chi connectivity index (χ0n) is 16.4. The highest BCUT2D eigenvalue weighted by atomic mass is 32.2. The number of carboxylic acids is 1. The average Bonchev–Trinajstić information content (AvgIpc) is 2.51. The number of nitrogens with zero attached hydrogens (tertiary/aromatic N) is 1. The number of nitrogens with two attached hydrogens (primary N) is 1. The largest absolute Gasteiger partial charge is 0.481 e. The van der Waals surface area contributed by atoms with Crippen LogP contribution in [0.25, 0.3) is 0 Å². The monoisotopic (exact) mass is 390 g/mol. The molecule has 26 heavy (non-hydrogen) atoms. The fraction of sp³-hybridized carbons (Fsp3) is 0.833. The number of amides is 1. The fourth-order valence-corrected chi connectivity index (χ4v) is 3.17. The maximum Gasteiger partial charge on any atom is 0.303 e. The molecule has 1 amide bonds. The first-order valence-corrected chi connectivity index (χ1v) is 10.0. The van der Waals surface area contributed by atoms with Gasteiger partial charge < -0.3 is 25.3 Å². The summed E-state index contributed by atoms with van der Waals surface area (Å²) in [6.07, 6.45) is 3.02. The summed E-state index contributed by atoms with van der Waals surface area (Å²) in [6, 6.07) is 0. The standard InChI is InChI=1S/C18H34N2O5S/c1-14(25-10-8-18(2,3)19)7-11-26-15(13-21)12-16(22)20(4)9-5-6-17(23)24/h13-15H,5-12,19H2,1-4H3,(H,23,24). The Hall–Kier alpha value is -1.12. The van der Waals surface area contributed by atoms with Gasteiger partial charge in [0.25, 0.3) is 0 Å². The van der Waals surface area contributed by atoms with Crippen molar-refractivity contribution in [2.24, 2.45) is 5.73 Å². The van der Waals surface area contributed by atoms with E-state index in [2.05, 4.69) is 0 Å². The second-order valence-electron chi connectivity index (χ2n) is 7.27. The van der Waals surface area contributed by atoms with Crippen LogP contribution < -0.4 is 5.73 Å². The minimum Gasteiger partial charge on any atom is -0.481 e. The lowest BCUT2D eigenvalue weighted by Crippen LogP contribution is -2.33. The molecule has 3 N–H and O–H groups in total. The molecule has 0 heterocycles. The van der Waals surface area contributed by atoms with Crippen molar-refractivity contribution >= 4 is 29.9 Å². The number of aldehydes is 1. The third-order valence-corrected chi connectivity index (χ3v) is 5.02. The first-order valence-electron chi connectivity index (χ1n) is 8.98. The van der Waals surface area contributed by atoms with E-state index in [1.807, 2.05) is 20.8 Å². The van der Waals surface area contributed by atoms with Gasteiger partial charge in [0.2, 0.25) is 5.91 Å². The molecular formula is C18H34N2O5S. The van der Waals surface area contributed by atoms with Crippen LogP contribution in [0.3, 0.4) is 0 Å². The lowest BCUT2D eigenvalue weighted by Gasteiger charge is -2.21. The topological polar surface area (TPSA) is 110 Å². The maximum absolute atomic E-state index is 12.1. The average molecular weight is 391 g/mol. The lowest BCUT2D eigenvalue weighted by atomic mass is 10.0. The van der Waals surface area contributed by atoms with Crippen molar-refractivity contribution in [3.63, 3.8) is 0 Å². The summed E-state index contributed by atoms with van der Waals surface area (Å²) in [5, 5.41) is 8.23. The summed E-state index contributed by atoms with van der Waals surface area (Å²) in [4.78, 5) is 35.3. The molecule has 0 bridgehead atoms. The molecule has 8 heteroatoms. The van der Waals surface area contributed by atoms with Gasteiger partial charge in [-0.3, -0.25) is 9.59 Å². The Morgan fingerprint density at radius 3 is 2.58 bits per heavy atom. The van der Waals surface area contributed by atoms with Gasteiger partial charge in [-0.25, -0.2) is 0 Å². The summed E-state index contributed by atoms with van der Waals surface area (Å²) < 4.78 is 5.71. The molecule has 0 aromatic carbocycles. The highest BCUT2D eigenvalue weighted by molar-refractivity contribution is 8.00. The molecule has 0 aliphatic heterocycles. The molecule has 2 atom stereocenters. The molecule has 0 radical (unpaired) electrons.